The Morgan fingerprint density at radius 1 is 0.900 bits per heavy atom. The minimum Gasteiger partial charge on any atom is -0.497 e. The fraction of sp³-hybridized carbons (Fsp3) is 0.286. The molecule has 0 spiro atoms. The van der Waals surface area contributed by atoms with E-state index in [9.17, 15) is 13.2 Å². The van der Waals surface area contributed by atoms with Crippen molar-refractivity contribution < 1.29 is 32.2 Å². The molecule has 9 heteroatoms. The molecule has 0 radical (unpaired) electrons. The first kappa shape index (κ1) is 21.5. The Bertz CT molecular complexity index is 1060. The number of hydrogen-bond donors (Lipinski definition) is 0. The summed E-state index contributed by atoms with van der Waals surface area (Å²) in [4.78, 5) is 15.0. The SMILES string of the molecule is COc1cc(OC)cc(C(=O)N(c2ccc(OC)cc2OC)[C@@H]2C=CS(=O)(=O)C2)c1. The summed E-state index contributed by atoms with van der Waals surface area (Å²) >= 11 is 0. The molecular formula is C21H23NO7S. The van der Waals surface area contributed by atoms with Gasteiger partial charge < -0.3 is 18.9 Å². The van der Waals surface area contributed by atoms with Gasteiger partial charge in [0.15, 0.2) is 9.84 Å². The number of carbonyl (C=O) groups is 1. The molecule has 8 nitrogen and oxygen atoms in total. The first-order chi connectivity index (χ1) is 14.3. The molecule has 0 fully saturated rings. The maximum absolute atomic E-state index is 13.6. The maximum Gasteiger partial charge on any atom is 0.259 e. The van der Waals surface area contributed by atoms with Crippen LogP contribution in [-0.2, 0) is 9.84 Å². The quantitative estimate of drug-likeness (QED) is 0.663. The van der Waals surface area contributed by atoms with Gasteiger partial charge in [-0.3, -0.25) is 9.69 Å². The molecule has 30 heavy (non-hydrogen) atoms. The molecule has 1 heterocycles. The summed E-state index contributed by atoms with van der Waals surface area (Å²) in [5.74, 6) is 1.14. The number of benzene rings is 2. The Morgan fingerprint density at radius 2 is 1.53 bits per heavy atom. The van der Waals surface area contributed by atoms with Gasteiger partial charge in [0, 0.05) is 23.1 Å². The molecular weight excluding hydrogens is 410 g/mol. The van der Waals surface area contributed by atoms with Crippen molar-refractivity contribution in [2.45, 2.75) is 6.04 Å². The molecule has 0 saturated carbocycles. The van der Waals surface area contributed by atoms with Gasteiger partial charge >= 0.3 is 0 Å². The van der Waals surface area contributed by atoms with Crippen LogP contribution in [0.3, 0.4) is 0 Å². The summed E-state index contributed by atoms with van der Waals surface area (Å²) < 4.78 is 45.4. The summed E-state index contributed by atoms with van der Waals surface area (Å²) in [5, 5.41) is 1.13. The van der Waals surface area contributed by atoms with Crippen LogP contribution in [0.4, 0.5) is 5.69 Å². The summed E-state index contributed by atoms with van der Waals surface area (Å²) in [6.07, 6.45) is 1.49. The van der Waals surface area contributed by atoms with Gasteiger partial charge in [-0.05, 0) is 30.3 Å². The van der Waals surface area contributed by atoms with Crippen LogP contribution in [0.15, 0.2) is 47.9 Å². The molecule has 0 bridgehead atoms. The van der Waals surface area contributed by atoms with E-state index in [2.05, 4.69) is 0 Å². The van der Waals surface area contributed by atoms with E-state index in [0.717, 1.165) is 5.41 Å². The van der Waals surface area contributed by atoms with Crippen LogP contribution < -0.4 is 23.8 Å². The fourth-order valence-electron chi connectivity index (χ4n) is 3.21. The zero-order valence-electron chi connectivity index (χ0n) is 17.1. The second-order valence-electron chi connectivity index (χ2n) is 6.54. The average molecular weight is 433 g/mol. The van der Waals surface area contributed by atoms with Crippen molar-refractivity contribution in [2.75, 3.05) is 39.1 Å². The molecule has 0 unspecified atom stereocenters. The van der Waals surface area contributed by atoms with E-state index in [1.165, 1.54) is 39.4 Å². The molecule has 0 aliphatic carbocycles. The number of carbonyl (C=O) groups excluding carboxylic acids is 1. The van der Waals surface area contributed by atoms with Gasteiger partial charge in [0.25, 0.3) is 5.91 Å². The predicted molar refractivity (Wildman–Crippen MR) is 113 cm³/mol. The molecule has 0 N–H and O–H groups in total. The smallest absolute Gasteiger partial charge is 0.259 e. The molecule has 2 aromatic carbocycles. The number of ether oxygens (including phenoxy) is 4. The average Bonchev–Trinajstić information content (AvgIpc) is 3.12. The van der Waals surface area contributed by atoms with Crippen LogP contribution >= 0.6 is 0 Å². The topological polar surface area (TPSA) is 91.4 Å². The van der Waals surface area contributed by atoms with Crippen molar-refractivity contribution >= 4 is 21.4 Å². The highest BCUT2D eigenvalue weighted by atomic mass is 32.2. The highest BCUT2D eigenvalue weighted by Gasteiger charge is 2.34. The van der Waals surface area contributed by atoms with Crippen LogP contribution in [0, 0.1) is 0 Å². The van der Waals surface area contributed by atoms with E-state index in [0.29, 0.717) is 28.7 Å². The predicted octanol–water partition coefficient (Wildman–Crippen LogP) is 2.68. The molecule has 2 aromatic rings. The third-order valence-corrected chi connectivity index (χ3v) is 6.08. The number of hydrogen-bond acceptors (Lipinski definition) is 7. The Kier molecular flexibility index (Phi) is 6.21. The highest BCUT2D eigenvalue weighted by Crippen LogP contribution is 2.36. The summed E-state index contributed by atoms with van der Waals surface area (Å²) in [7, 11) is 2.55. The summed E-state index contributed by atoms with van der Waals surface area (Å²) in [5.41, 5.74) is 0.693. The Labute approximate surface area is 175 Å². The number of anilines is 1. The molecule has 0 saturated heterocycles. The van der Waals surface area contributed by atoms with Crippen molar-refractivity contribution in [2.24, 2.45) is 0 Å². The molecule has 3 rings (SSSR count). The largest absolute Gasteiger partial charge is 0.497 e. The van der Waals surface area contributed by atoms with Gasteiger partial charge in [0.1, 0.15) is 23.0 Å². The van der Waals surface area contributed by atoms with Crippen LogP contribution in [0.1, 0.15) is 10.4 Å². The molecule has 1 aliphatic heterocycles. The van der Waals surface area contributed by atoms with E-state index < -0.39 is 21.8 Å². The maximum atomic E-state index is 13.6. The van der Waals surface area contributed by atoms with E-state index in [-0.39, 0.29) is 11.3 Å². The van der Waals surface area contributed by atoms with Crippen LogP contribution in [0.5, 0.6) is 23.0 Å². The van der Waals surface area contributed by atoms with Crippen LogP contribution in [0.2, 0.25) is 0 Å². The lowest BCUT2D eigenvalue weighted by atomic mass is 10.1. The molecule has 160 valence electrons. The van der Waals surface area contributed by atoms with Gasteiger partial charge in [-0.1, -0.05) is 0 Å². The fourth-order valence-corrected chi connectivity index (χ4v) is 4.48. The third-order valence-electron chi connectivity index (χ3n) is 4.71. The zero-order chi connectivity index (χ0) is 21.9. The Balaban J connectivity index is 2.14. The Morgan fingerprint density at radius 3 is 2.03 bits per heavy atom. The summed E-state index contributed by atoms with van der Waals surface area (Å²) in [6.45, 7) is 0. The normalized spacial score (nSPS) is 16.7. The number of methoxy groups -OCH3 is 4. The lowest BCUT2D eigenvalue weighted by molar-refractivity contribution is 0.0981. The number of nitrogens with zero attached hydrogens (tertiary/aromatic N) is 1. The van der Waals surface area contributed by atoms with Crippen molar-refractivity contribution in [3.05, 3.63) is 53.4 Å². The first-order valence-electron chi connectivity index (χ1n) is 9.01. The zero-order valence-corrected chi connectivity index (χ0v) is 17.9. The lowest BCUT2D eigenvalue weighted by Gasteiger charge is -2.29. The van der Waals surface area contributed by atoms with Crippen molar-refractivity contribution in [3.8, 4) is 23.0 Å². The monoisotopic (exact) mass is 433 g/mol. The van der Waals surface area contributed by atoms with E-state index in [1.54, 1.807) is 36.4 Å². The minimum atomic E-state index is -3.41. The molecule has 1 amide bonds. The Hall–Kier alpha value is -3.20. The number of rotatable bonds is 7. The molecule has 1 aliphatic rings. The van der Waals surface area contributed by atoms with Crippen molar-refractivity contribution in [1.82, 2.24) is 0 Å². The number of sulfone groups is 1. The van der Waals surface area contributed by atoms with Gasteiger partial charge in [-0.15, -0.1) is 0 Å². The van der Waals surface area contributed by atoms with Crippen LogP contribution in [-0.4, -0.2) is 54.6 Å². The second kappa shape index (κ2) is 8.66. The van der Waals surface area contributed by atoms with Gasteiger partial charge in [0.2, 0.25) is 0 Å². The van der Waals surface area contributed by atoms with E-state index in [4.69, 9.17) is 18.9 Å². The third kappa shape index (κ3) is 4.35. The lowest BCUT2D eigenvalue weighted by Crippen LogP contribution is -2.41. The van der Waals surface area contributed by atoms with Gasteiger partial charge in [0.05, 0.1) is 45.9 Å². The minimum absolute atomic E-state index is 0.227. The molecule has 0 aromatic heterocycles. The highest BCUT2D eigenvalue weighted by molar-refractivity contribution is 7.94. The molecule has 1 atom stereocenters. The van der Waals surface area contributed by atoms with E-state index >= 15 is 0 Å². The van der Waals surface area contributed by atoms with Gasteiger partial charge in [-0.2, -0.15) is 0 Å². The van der Waals surface area contributed by atoms with Crippen LogP contribution in [0.25, 0.3) is 0 Å². The van der Waals surface area contributed by atoms with Crippen molar-refractivity contribution in [1.29, 1.82) is 0 Å². The van der Waals surface area contributed by atoms with E-state index in [1.807, 2.05) is 0 Å². The first-order valence-corrected chi connectivity index (χ1v) is 10.7. The standard InChI is InChI=1S/C21H23NO7S/c1-26-16-5-6-19(20(12-16)29-4)22(15-7-8-30(24,25)13-15)21(23)14-9-17(27-2)11-18(10-14)28-3/h5-12,15H,13H2,1-4H3/t15-/m1/s1. The van der Waals surface area contributed by atoms with Gasteiger partial charge in [-0.25, -0.2) is 8.42 Å². The summed E-state index contributed by atoms with van der Waals surface area (Å²) in [6, 6.07) is 9.05. The van der Waals surface area contributed by atoms with Crippen molar-refractivity contribution in [3.63, 3.8) is 0 Å². The second-order valence-corrected chi connectivity index (χ2v) is 8.47. The number of amides is 1.